The van der Waals surface area contributed by atoms with Crippen LogP contribution >= 0.6 is 0 Å². The normalized spacial score (nSPS) is 11.7. The summed E-state index contributed by atoms with van der Waals surface area (Å²) in [6.07, 6.45) is -4.08. The number of alkyl halides is 3. The molecule has 0 fully saturated rings. The smallest absolute Gasteiger partial charge is 0.449 e. The molecule has 0 atom stereocenters. The molecule has 0 aliphatic carbocycles. The Balaban J connectivity index is 1.70. The SMILES string of the molecule is COc1cccc(OCCCn2c(C(F)(F)F)nc3ccccc32)c1. The Morgan fingerprint density at radius 2 is 1.80 bits per heavy atom. The van der Waals surface area contributed by atoms with Gasteiger partial charge in [0, 0.05) is 12.6 Å². The highest BCUT2D eigenvalue weighted by atomic mass is 19.4. The molecule has 4 nitrogen and oxygen atoms in total. The van der Waals surface area contributed by atoms with Crippen molar-refractivity contribution < 1.29 is 22.6 Å². The monoisotopic (exact) mass is 350 g/mol. The van der Waals surface area contributed by atoms with Crippen LogP contribution in [-0.2, 0) is 12.7 Å². The van der Waals surface area contributed by atoms with Gasteiger partial charge in [0.1, 0.15) is 11.5 Å². The summed E-state index contributed by atoms with van der Waals surface area (Å²) in [5.41, 5.74) is 0.805. The van der Waals surface area contributed by atoms with E-state index in [1.54, 1.807) is 55.6 Å². The average molecular weight is 350 g/mol. The van der Waals surface area contributed by atoms with E-state index in [4.69, 9.17) is 9.47 Å². The first-order valence-electron chi connectivity index (χ1n) is 7.78. The molecule has 132 valence electrons. The first-order valence-corrected chi connectivity index (χ1v) is 7.78. The van der Waals surface area contributed by atoms with Crippen molar-refractivity contribution in [3.8, 4) is 11.5 Å². The number of fused-ring (bicyclic) bond motifs is 1. The second-order valence-corrected chi connectivity index (χ2v) is 5.45. The lowest BCUT2D eigenvalue weighted by Crippen LogP contribution is -2.16. The molecule has 0 saturated heterocycles. The van der Waals surface area contributed by atoms with Crippen molar-refractivity contribution in [2.45, 2.75) is 19.1 Å². The second kappa shape index (κ2) is 7.04. The van der Waals surface area contributed by atoms with Crippen LogP contribution in [0.25, 0.3) is 11.0 Å². The Kier molecular flexibility index (Phi) is 4.83. The number of hydrogen-bond donors (Lipinski definition) is 0. The standard InChI is InChI=1S/C18H17F3N2O2/c1-24-13-6-4-7-14(12-13)25-11-5-10-23-16-9-3-2-8-15(16)22-17(23)18(19,20)21/h2-4,6-9,12H,5,10-11H2,1H3. The minimum atomic E-state index is -4.49. The number of imidazole rings is 1. The quantitative estimate of drug-likeness (QED) is 0.613. The van der Waals surface area contributed by atoms with Gasteiger partial charge in [0.05, 0.1) is 24.8 Å². The number of methoxy groups -OCH3 is 1. The highest BCUT2D eigenvalue weighted by molar-refractivity contribution is 5.76. The van der Waals surface area contributed by atoms with E-state index >= 15 is 0 Å². The van der Waals surface area contributed by atoms with Gasteiger partial charge in [-0.25, -0.2) is 4.98 Å². The molecule has 0 bridgehead atoms. The maximum Gasteiger partial charge on any atom is 0.449 e. The predicted octanol–water partition coefficient (Wildman–Crippen LogP) is 4.53. The topological polar surface area (TPSA) is 36.3 Å². The minimum Gasteiger partial charge on any atom is -0.497 e. The number of para-hydroxylation sites is 2. The first kappa shape index (κ1) is 17.1. The number of rotatable bonds is 6. The Morgan fingerprint density at radius 1 is 1.04 bits per heavy atom. The lowest BCUT2D eigenvalue weighted by atomic mass is 10.3. The number of aromatic nitrogens is 2. The van der Waals surface area contributed by atoms with Crippen LogP contribution in [0.5, 0.6) is 11.5 Å². The van der Waals surface area contributed by atoms with Crippen LogP contribution < -0.4 is 9.47 Å². The number of nitrogens with zero attached hydrogens (tertiary/aromatic N) is 2. The third-order valence-electron chi connectivity index (χ3n) is 3.74. The van der Waals surface area contributed by atoms with E-state index in [1.165, 1.54) is 4.57 Å². The Bertz CT molecular complexity index is 859. The third-order valence-corrected chi connectivity index (χ3v) is 3.74. The van der Waals surface area contributed by atoms with E-state index in [0.717, 1.165) is 0 Å². The molecule has 1 aromatic heterocycles. The Labute approximate surface area is 142 Å². The van der Waals surface area contributed by atoms with Gasteiger partial charge in [-0.1, -0.05) is 18.2 Å². The number of benzene rings is 2. The summed E-state index contributed by atoms with van der Waals surface area (Å²) in [5, 5.41) is 0. The molecule has 0 unspecified atom stereocenters. The van der Waals surface area contributed by atoms with Gasteiger partial charge in [-0.3, -0.25) is 0 Å². The molecule has 7 heteroatoms. The highest BCUT2D eigenvalue weighted by Gasteiger charge is 2.37. The van der Waals surface area contributed by atoms with Crippen molar-refractivity contribution in [2.75, 3.05) is 13.7 Å². The summed E-state index contributed by atoms with van der Waals surface area (Å²) in [6.45, 7) is 0.455. The van der Waals surface area contributed by atoms with Gasteiger partial charge in [0.2, 0.25) is 5.82 Å². The highest BCUT2D eigenvalue weighted by Crippen LogP contribution is 2.31. The maximum atomic E-state index is 13.2. The van der Waals surface area contributed by atoms with Crippen LogP contribution in [0, 0.1) is 0 Å². The van der Waals surface area contributed by atoms with Gasteiger partial charge in [-0.15, -0.1) is 0 Å². The molecule has 25 heavy (non-hydrogen) atoms. The molecular formula is C18H17F3N2O2. The van der Waals surface area contributed by atoms with Crippen molar-refractivity contribution in [1.29, 1.82) is 0 Å². The predicted molar refractivity (Wildman–Crippen MR) is 87.8 cm³/mol. The zero-order valence-electron chi connectivity index (χ0n) is 13.6. The molecule has 2 aromatic carbocycles. The molecule has 0 aliphatic rings. The molecule has 0 amide bonds. The summed E-state index contributed by atoms with van der Waals surface area (Å²) in [4.78, 5) is 3.72. The van der Waals surface area contributed by atoms with E-state index < -0.39 is 12.0 Å². The van der Waals surface area contributed by atoms with E-state index in [-0.39, 0.29) is 13.2 Å². The Morgan fingerprint density at radius 3 is 2.56 bits per heavy atom. The van der Waals surface area contributed by atoms with Gasteiger partial charge in [-0.2, -0.15) is 13.2 Å². The minimum absolute atomic E-state index is 0.166. The van der Waals surface area contributed by atoms with E-state index in [9.17, 15) is 13.2 Å². The maximum absolute atomic E-state index is 13.2. The van der Waals surface area contributed by atoms with Crippen LogP contribution in [-0.4, -0.2) is 23.3 Å². The van der Waals surface area contributed by atoms with Crippen LogP contribution in [0.15, 0.2) is 48.5 Å². The van der Waals surface area contributed by atoms with Gasteiger partial charge in [-0.05, 0) is 30.7 Å². The van der Waals surface area contributed by atoms with E-state index in [2.05, 4.69) is 4.98 Å². The fourth-order valence-electron chi connectivity index (χ4n) is 2.62. The van der Waals surface area contributed by atoms with E-state index in [0.29, 0.717) is 29.0 Å². The molecule has 0 radical (unpaired) electrons. The fraction of sp³-hybridized carbons (Fsp3) is 0.278. The summed E-state index contributed by atoms with van der Waals surface area (Å²) >= 11 is 0. The molecule has 3 rings (SSSR count). The molecule has 3 aromatic rings. The molecule has 0 aliphatic heterocycles. The largest absolute Gasteiger partial charge is 0.497 e. The lowest BCUT2D eigenvalue weighted by molar-refractivity contribution is -0.147. The van der Waals surface area contributed by atoms with Gasteiger partial charge >= 0.3 is 6.18 Å². The van der Waals surface area contributed by atoms with Crippen molar-refractivity contribution >= 4 is 11.0 Å². The van der Waals surface area contributed by atoms with Crippen LogP contribution in [0.1, 0.15) is 12.2 Å². The lowest BCUT2D eigenvalue weighted by Gasteiger charge is -2.12. The number of hydrogen-bond acceptors (Lipinski definition) is 3. The molecular weight excluding hydrogens is 333 g/mol. The van der Waals surface area contributed by atoms with Gasteiger partial charge in [0.15, 0.2) is 0 Å². The van der Waals surface area contributed by atoms with Gasteiger partial charge in [0.25, 0.3) is 0 Å². The van der Waals surface area contributed by atoms with Gasteiger partial charge < -0.3 is 14.0 Å². The van der Waals surface area contributed by atoms with Crippen molar-refractivity contribution in [3.05, 3.63) is 54.4 Å². The molecule has 0 saturated carbocycles. The molecule has 0 N–H and O–H groups in total. The fourth-order valence-corrected chi connectivity index (χ4v) is 2.62. The van der Waals surface area contributed by atoms with Crippen molar-refractivity contribution in [3.63, 3.8) is 0 Å². The Hall–Kier alpha value is -2.70. The summed E-state index contributed by atoms with van der Waals surface area (Å²) in [6, 6.07) is 13.7. The number of aryl methyl sites for hydroxylation is 1. The van der Waals surface area contributed by atoms with Crippen LogP contribution in [0.4, 0.5) is 13.2 Å². The van der Waals surface area contributed by atoms with Crippen molar-refractivity contribution in [1.82, 2.24) is 9.55 Å². The zero-order chi connectivity index (χ0) is 17.9. The number of halogens is 3. The molecule has 1 heterocycles. The summed E-state index contributed by atoms with van der Waals surface area (Å²) in [5.74, 6) is 0.401. The zero-order valence-corrected chi connectivity index (χ0v) is 13.6. The van der Waals surface area contributed by atoms with E-state index in [1.807, 2.05) is 0 Å². The summed E-state index contributed by atoms with van der Waals surface area (Å²) < 4.78 is 51.5. The third kappa shape index (κ3) is 3.87. The average Bonchev–Trinajstić information content (AvgIpc) is 2.98. The van der Waals surface area contributed by atoms with Crippen molar-refractivity contribution in [2.24, 2.45) is 0 Å². The first-order chi connectivity index (χ1) is 12.0. The van der Waals surface area contributed by atoms with Crippen LogP contribution in [0.3, 0.4) is 0 Å². The number of ether oxygens (including phenoxy) is 2. The molecule has 0 spiro atoms. The second-order valence-electron chi connectivity index (χ2n) is 5.45. The van der Waals surface area contributed by atoms with Crippen LogP contribution in [0.2, 0.25) is 0 Å². The summed E-state index contributed by atoms with van der Waals surface area (Å²) in [7, 11) is 1.56.